The van der Waals surface area contributed by atoms with Crippen molar-refractivity contribution in [3.63, 3.8) is 0 Å². The molecule has 2 heterocycles. The molecule has 0 radical (unpaired) electrons. The molecule has 0 saturated carbocycles. The van der Waals surface area contributed by atoms with Crippen LogP contribution in [0.4, 0.5) is 5.95 Å². The fourth-order valence-electron chi connectivity index (χ4n) is 1.18. The molecule has 2 aromatic rings. The Bertz CT molecular complexity index is 475. The maximum Gasteiger partial charge on any atom is 0.322 e. The molecular formula is C10H11ClN4O2. The summed E-state index contributed by atoms with van der Waals surface area (Å²) in [6, 6.07) is 3.86. The molecule has 0 aliphatic heterocycles. The second-order valence-electron chi connectivity index (χ2n) is 3.08. The molecule has 0 spiro atoms. The highest BCUT2D eigenvalue weighted by molar-refractivity contribution is 6.28. The van der Waals surface area contributed by atoms with Crippen LogP contribution in [-0.2, 0) is 6.54 Å². The quantitative estimate of drug-likeness (QED) is 0.881. The van der Waals surface area contributed by atoms with E-state index in [1.54, 1.807) is 6.26 Å². The van der Waals surface area contributed by atoms with Gasteiger partial charge in [0.05, 0.1) is 19.4 Å². The summed E-state index contributed by atoms with van der Waals surface area (Å²) in [6.07, 6.45) is 1.60. The predicted octanol–water partition coefficient (Wildman–Crippen LogP) is 2.13. The predicted molar refractivity (Wildman–Crippen MR) is 62.0 cm³/mol. The van der Waals surface area contributed by atoms with Crippen molar-refractivity contribution in [2.75, 3.05) is 11.9 Å². The molecule has 2 rings (SSSR count). The zero-order valence-electron chi connectivity index (χ0n) is 9.18. The Balaban J connectivity index is 2.04. The third-order valence-corrected chi connectivity index (χ3v) is 2.03. The summed E-state index contributed by atoms with van der Waals surface area (Å²) < 4.78 is 10.3. The number of nitrogens with one attached hydrogen (secondary N) is 1. The van der Waals surface area contributed by atoms with Crippen LogP contribution in [0.15, 0.2) is 22.8 Å². The van der Waals surface area contributed by atoms with Crippen LogP contribution in [0.2, 0.25) is 5.28 Å². The summed E-state index contributed by atoms with van der Waals surface area (Å²) in [4.78, 5) is 11.8. The van der Waals surface area contributed by atoms with E-state index in [1.807, 2.05) is 19.1 Å². The van der Waals surface area contributed by atoms with Crippen LogP contribution in [-0.4, -0.2) is 21.6 Å². The Labute approximate surface area is 103 Å². The number of furan rings is 1. The Morgan fingerprint density at radius 3 is 3.00 bits per heavy atom. The van der Waals surface area contributed by atoms with E-state index in [2.05, 4.69) is 20.3 Å². The maximum atomic E-state index is 5.74. The molecule has 0 amide bonds. The van der Waals surface area contributed by atoms with E-state index >= 15 is 0 Å². The third kappa shape index (κ3) is 3.32. The molecule has 17 heavy (non-hydrogen) atoms. The largest absolute Gasteiger partial charge is 0.467 e. The highest BCUT2D eigenvalue weighted by atomic mass is 35.5. The lowest BCUT2D eigenvalue weighted by molar-refractivity contribution is 0.312. The summed E-state index contributed by atoms with van der Waals surface area (Å²) >= 11 is 5.74. The minimum absolute atomic E-state index is 0.0883. The minimum Gasteiger partial charge on any atom is -0.467 e. The molecule has 0 fully saturated rings. The Kier molecular flexibility index (Phi) is 3.77. The smallest absolute Gasteiger partial charge is 0.322 e. The second-order valence-corrected chi connectivity index (χ2v) is 3.41. The van der Waals surface area contributed by atoms with E-state index < -0.39 is 0 Å². The van der Waals surface area contributed by atoms with Gasteiger partial charge in [-0.2, -0.15) is 15.0 Å². The summed E-state index contributed by atoms with van der Waals surface area (Å²) in [5.74, 6) is 1.13. The molecule has 0 aliphatic carbocycles. The van der Waals surface area contributed by atoms with Gasteiger partial charge in [-0.3, -0.25) is 0 Å². The first-order chi connectivity index (χ1) is 8.28. The highest BCUT2D eigenvalue weighted by Gasteiger charge is 2.05. The normalized spacial score (nSPS) is 10.2. The van der Waals surface area contributed by atoms with Crippen molar-refractivity contribution in [2.45, 2.75) is 13.5 Å². The van der Waals surface area contributed by atoms with Gasteiger partial charge in [-0.15, -0.1) is 0 Å². The average Bonchev–Trinajstić information content (AvgIpc) is 2.79. The molecule has 0 bridgehead atoms. The van der Waals surface area contributed by atoms with E-state index in [9.17, 15) is 0 Å². The van der Waals surface area contributed by atoms with Gasteiger partial charge < -0.3 is 14.5 Å². The Morgan fingerprint density at radius 2 is 2.29 bits per heavy atom. The number of hydrogen-bond donors (Lipinski definition) is 1. The number of anilines is 1. The maximum absolute atomic E-state index is 5.74. The molecule has 0 aliphatic rings. The van der Waals surface area contributed by atoms with Gasteiger partial charge >= 0.3 is 6.01 Å². The number of ether oxygens (including phenoxy) is 1. The van der Waals surface area contributed by atoms with Gasteiger partial charge in [-0.25, -0.2) is 0 Å². The first-order valence-corrected chi connectivity index (χ1v) is 5.46. The number of aromatic nitrogens is 3. The van der Waals surface area contributed by atoms with Crippen molar-refractivity contribution in [1.82, 2.24) is 15.0 Å². The zero-order chi connectivity index (χ0) is 12.1. The Hall–Kier alpha value is -1.82. The number of halogens is 1. The van der Waals surface area contributed by atoms with Gasteiger partial charge in [0.25, 0.3) is 0 Å². The van der Waals surface area contributed by atoms with Crippen LogP contribution in [0.3, 0.4) is 0 Å². The van der Waals surface area contributed by atoms with Crippen molar-refractivity contribution in [1.29, 1.82) is 0 Å². The van der Waals surface area contributed by atoms with Crippen molar-refractivity contribution >= 4 is 17.5 Å². The SMILES string of the molecule is CCOc1nc(Cl)nc(NCc2ccco2)n1. The van der Waals surface area contributed by atoms with Crippen LogP contribution in [0.5, 0.6) is 6.01 Å². The number of hydrogen-bond acceptors (Lipinski definition) is 6. The van der Waals surface area contributed by atoms with Gasteiger partial charge in [-0.1, -0.05) is 0 Å². The van der Waals surface area contributed by atoms with Crippen LogP contribution < -0.4 is 10.1 Å². The van der Waals surface area contributed by atoms with Crippen molar-refractivity contribution in [2.24, 2.45) is 0 Å². The van der Waals surface area contributed by atoms with Gasteiger partial charge in [0, 0.05) is 0 Å². The van der Waals surface area contributed by atoms with Crippen LogP contribution in [0.25, 0.3) is 0 Å². The first kappa shape index (κ1) is 11.7. The summed E-state index contributed by atoms with van der Waals surface area (Å²) in [5.41, 5.74) is 0. The minimum atomic E-state index is 0.0883. The Morgan fingerprint density at radius 1 is 1.41 bits per heavy atom. The standard InChI is InChI=1S/C10H11ClN4O2/c1-2-16-10-14-8(11)13-9(15-10)12-6-7-4-3-5-17-7/h3-5H,2,6H2,1H3,(H,12,13,14,15). The third-order valence-electron chi connectivity index (χ3n) is 1.86. The number of nitrogens with zero attached hydrogens (tertiary/aromatic N) is 3. The van der Waals surface area contributed by atoms with E-state index in [4.69, 9.17) is 20.8 Å². The molecule has 2 aromatic heterocycles. The topological polar surface area (TPSA) is 73.1 Å². The fourth-order valence-corrected chi connectivity index (χ4v) is 1.34. The molecule has 0 aromatic carbocycles. The van der Waals surface area contributed by atoms with Crippen molar-refractivity contribution in [3.8, 4) is 6.01 Å². The van der Waals surface area contributed by atoms with E-state index in [0.717, 1.165) is 5.76 Å². The summed E-state index contributed by atoms with van der Waals surface area (Å²) in [7, 11) is 0. The molecule has 0 unspecified atom stereocenters. The van der Waals surface area contributed by atoms with Gasteiger partial charge in [0.1, 0.15) is 5.76 Å². The molecular weight excluding hydrogens is 244 g/mol. The lowest BCUT2D eigenvalue weighted by Gasteiger charge is -2.05. The summed E-state index contributed by atoms with van der Waals surface area (Å²) in [5, 5.41) is 3.05. The van der Waals surface area contributed by atoms with Crippen molar-refractivity contribution < 1.29 is 9.15 Å². The fraction of sp³-hybridized carbons (Fsp3) is 0.300. The molecule has 0 atom stereocenters. The average molecular weight is 255 g/mol. The molecule has 7 heteroatoms. The lowest BCUT2D eigenvalue weighted by Crippen LogP contribution is -2.06. The lowest BCUT2D eigenvalue weighted by atomic mass is 10.4. The first-order valence-electron chi connectivity index (χ1n) is 5.08. The second kappa shape index (κ2) is 5.49. The van der Waals surface area contributed by atoms with Gasteiger partial charge in [0.15, 0.2) is 0 Å². The van der Waals surface area contributed by atoms with Crippen molar-refractivity contribution in [3.05, 3.63) is 29.4 Å². The highest BCUT2D eigenvalue weighted by Crippen LogP contribution is 2.12. The van der Waals surface area contributed by atoms with Gasteiger partial charge in [0.2, 0.25) is 11.2 Å². The molecule has 1 N–H and O–H groups in total. The van der Waals surface area contributed by atoms with Crippen LogP contribution in [0, 0.1) is 0 Å². The van der Waals surface area contributed by atoms with E-state index in [-0.39, 0.29) is 11.3 Å². The zero-order valence-corrected chi connectivity index (χ0v) is 9.94. The van der Waals surface area contributed by atoms with Crippen LogP contribution in [0.1, 0.15) is 12.7 Å². The molecule has 90 valence electrons. The molecule has 6 nitrogen and oxygen atoms in total. The summed E-state index contributed by atoms with van der Waals surface area (Å²) in [6.45, 7) is 2.78. The van der Waals surface area contributed by atoms with E-state index in [1.165, 1.54) is 0 Å². The van der Waals surface area contributed by atoms with Gasteiger partial charge in [-0.05, 0) is 30.7 Å². The van der Waals surface area contributed by atoms with E-state index in [0.29, 0.717) is 19.1 Å². The van der Waals surface area contributed by atoms with Crippen LogP contribution >= 0.6 is 11.6 Å². The number of rotatable bonds is 5. The monoisotopic (exact) mass is 254 g/mol. The molecule has 0 saturated heterocycles.